The van der Waals surface area contributed by atoms with Crippen molar-refractivity contribution in [3.05, 3.63) is 23.5 Å². The van der Waals surface area contributed by atoms with Crippen molar-refractivity contribution < 1.29 is 24.1 Å². The molecule has 1 atom stereocenters. The Bertz CT molecular complexity index is 408. The minimum Gasteiger partial charge on any atom is -0.504 e. The fourth-order valence-corrected chi connectivity index (χ4v) is 1.30. The van der Waals surface area contributed by atoms with Crippen molar-refractivity contribution in [1.29, 1.82) is 0 Å². The second-order valence-electron chi connectivity index (χ2n) is 3.25. The molecule has 0 heterocycles. The number of nitrogens with two attached hydrogens (primary N) is 1. The number of aliphatic carboxylic acids is 1. The van der Waals surface area contributed by atoms with Crippen molar-refractivity contribution in [2.24, 2.45) is 5.73 Å². The van der Waals surface area contributed by atoms with Crippen LogP contribution in [0.4, 0.5) is 4.39 Å². The van der Waals surface area contributed by atoms with Crippen LogP contribution in [0.25, 0.3) is 0 Å². The molecule has 0 aliphatic heterocycles. The Labute approximate surface area is 91.3 Å². The van der Waals surface area contributed by atoms with E-state index in [0.29, 0.717) is 0 Å². The maximum Gasteiger partial charge on any atom is 0.305 e. The minimum absolute atomic E-state index is 0.00273. The summed E-state index contributed by atoms with van der Waals surface area (Å²) >= 11 is 0. The molecular formula is C10H12FNO4. The van der Waals surface area contributed by atoms with Gasteiger partial charge in [0, 0.05) is 17.7 Å². The van der Waals surface area contributed by atoms with Gasteiger partial charge < -0.3 is 20.7 Å². The average Bonchev–Trinajstić information content (AvgIpc) is 2.16. The number of hydrogen-bond donors (Lipinski definition) is 3. The van der Waals surface area contributed by atoms with Gasteiger partial charge in [-0.15, -0.1) is 0 Å². The highest BCUT2D eigenvalue weighted by atomic mass is 19.1. The van der Waals surface area contributed by atoms with Crippen molar-refractivity contribution in [3.63, 3.8) is 0 Å². The summed E-state index contributed by atoms with van der Waals surface area (Å²) in [5, 5.41) is 17.8. The topological polar surface area (TPSA) is 92.8 Å². The fourth-order valence-electron chi connectivity index (χ4n) is 1.30. The van der Waals surface area contributed by atoms with Gasteiger partial charge >= 0.3 is 5.97 Å². The SMILES string of the molecule is COc1cc(C(N)CC(=O)O)c(F)cc1O. The summed E-state index contributed by atoms with van der Waals surface area (Å²) in [7, 11) is 1.31. The van der Waals surface area contributed by atoms with Gasteiger partial charge in [-0.25, -0.2) is 4.39 Å². The smallest absolute Gasteiger partial charge is 0.305 e. The lowest BCUT2D eigenvalue weighted by Gasteiger charge is -2.13. The van der Waals surface area contributed by atoms with Gasteiger partial charge in [-0.2, -0.15) is 0 Å². The first-order valence-corrected chi connectivity index (χ1v) is 4.49. The Morgan fingerprint density at radius 1 is 1.62 bits per heavy atom. The number of methoxy groups -OCH3 is 1. The van der Waals surface area contributed by atoms with E-state index in [0.717, 1.165) is 6.07 Å². The quantitative estimate of drug-likeness (QED) is 0.716. The van der Waals surface area contributed by atoms with Crippen molar-refractivity contribution in [1.82, 2.24) is 0 Å². The number of aromatic hydroxyl groups is 1. The van der Waals surface area contributed by atoms with E-state index < -0.39 is 24.2 Å². The van der Waals surface area contributed by atoms with Gasteiger partial charge in [0.25, 0.3) is 0 Å². The number of phenols is 1. The van der Waals surface area contributed by atoms with Crippen LogP contribution in [0.2, 0.25) is 0 Å². The molecule has 0 saturated carbocycles. The molecule has 0 aliphatic rings. The second kappa shape index (κ2) is 4.80. The van der Waals surface area contributed by atoms with E-state index in [-0.39, 0.29) is 17.1 Å². The minimum atomic E-state index is -1.13. The first-order chi connectivity index (χ1) is 7.45. The van der Waals surface area contributed by atoms with Crippen LogP contribution in [-0.4, -0.2) is 23.3 Å². The normalized spacial score (nSPS) is 12.2. The number of rotatable bonds is 4. The average molecular weight is 229 g/mol. The summed E-state index contributed by atoms with van der Waals surface area (Å²) in [5.74, 6) is -2.19. The molecule has 6 heteroatoms. The Morgan fingerprint density at radius 3 is 2.75 bits per heavy atom. The molecule has 1 rings (SSSR count). The van der Waals surface area contributed by atoms with Gasteiger partial charge in [-0.1, -0.05) is 0 Å². The lowest BCUT2D eigenvalue weighted by Crippen LogP contribution is -2.16. The van der Waals surface area contributed by atoms with Crippen LogP contribution in [0, 0.1) is 5.82 Å². The third-order valence-corrected chi connectivity index (χ3v) is 2.09. The maximum atomic E-state index is 13.4. The first kappa shape index (κ1) is 12.3. The third-order valence-electron chi connectivity index (χ3n) is 2.09. The van der Waals surface area contributed by atoms with Gasteiger partial charge in [0.05, 0.1) is 13.5 Å². The van der Waals surface area contributed by atoms with Crippen LogP contribution in [0.3, 0.4) is 0 Å². The lowest BCUT2D eigenvalue weighted by atomic mass is 10.0. The standard InChI is InChI=1S/C10H12FNO4/c1-16-9-2-5(6(11)3-8(9)13)7(12)4-10(14)15/h2-3,7,13H,4,12H2,1H3,(H,14,15). The van der Waals surface area contributed by atoms with Gasteiger partial charge in [0.15, 0.2) is 11.5 Å². The van der Waals surface area contributed by atoms with E-state index in [1.54, 1.807) is 0 Å². The number of carboxylic acids is 1. The molecule has 4 N–H and O–H groups in total. The van der Waals surface area contributed by atoms with Crippen molar-refractivity contribution >= 4 is 5.97 Å². The van der Waals surface area contributed by atoms with E-state index in [1.165, 1.54) is 13.2 Å². The lowest BCUT2D eigenvalue weighted by molar-refractivity contribution is -0.137. The van der Waals surface area contributed by atoms with Gasteiger partial charge in [-0.05, 0) is 6.07 Å². The molecule has 0 amide bonds. The number of hydrogen-bond acceptors (Lipinski definition) is 4. The van der Waals surface area contributed by atoms with E-state index >= 15 is 0 Å². The van der Waals surface area contributed by atoms with Crippen LogP contribution in [0.1, 0.15) is 18.0 Å². The molecule has 5 nitrogen and oxygen atoms in total. The molecule has 1 aromatic carbocycles. The van der Waals surface area contributed by atoms with Crippen LogP contribution >= 0.6 is 0 Å². The number of halogens is 1. The Morgan fingerprint density at radius 2 is 2.25 bits per heavy atom. The van der Waals surface area contributed by atoms with Gasteiger partial charge in [-0.3, -0.25) is 4.79 Å². The molecule has 1 unspecified atom stereocenters. The molecule has 88 valence electrons. The predicted octanol–water partition coefficient (Wildman–Crippen LogP) is 1.01. The molecular weight excluding hydrogens is 217 g/mol. The first-order valence-electron chi connectivity index (χ1n) is 4.49. The molecule has 0 radical (unpaired) electrons. The maximum absolute atomic E-state index is 13.4. The highest BCUT2D eigenvalue weighted by Crippen LogP contribution is 2.31. The Balaban J connectivity index is 3.08. The van der Waals surface area contributed by atoms with Gasteiger partial charge in [0.1, 0.15) is 5.82 Å². The van der Waals surface area contributed by atoms with E-state index in [2.05, 4.69) is 0 Å². The number of ether oxygens (including phenoxy) is 1. The molecule has 0 fully saturated rings. The summed E-state index contributed by atoms with van der Waals surface area (Å²) in [4.78, 5) is 10.4. The summed E-state index contributed by atoms with van der Waals surface area (Å²) in [6.07, 6.45) is -0.398. The van der Waals surface area contributed by atoms with E-state index in [9.17, 15) is 14.3 Å². The molecule has 0 spiro atoms. The van der Waals surface area contributed by atoms with Crippen LogP contribution in [0.15, 0.2) is 12.1 Å². The third kappa shape index (κ3) is 2.60. The van der Waals surface area contributed by atoms with Crippen molar-refractivity contribution in [2.45, 2.75) is 12.5 Å². The number of carboxylic acid groups (broad SMARTS) is 1. The zero-order valence-electron chi connectivity index (χ0n) is 8.61. The summed E-state index contributed by atoms with van der Waals surface area (Å²) in [5.41, 5.74) is 5.51. The molecule has 16 heavy (non-hydrogen) atoms. The molecule has 0 aliphatic carbocycles. The Kier molecular flexibility index (Phi) is 3.68. The Hall–Kier alpha value is -1.82. The van der Waals surface area contributed by atoms with Crippen LogP contribution in [0.5, 0.6) is 11.5 Å². The van der Waals surface area contributed by atoms with Crippen molar-refractivity contribution in [2.75, 3.05) is 7.11 Å². The largest absolute Gasteiger partial charge is 0.504 e. The number of benzene rings is 1. The zero-order valence-corrected chi connectivity index (χ0v) is 8.61. The summed E-state index contributed by atoms with van der Waals surface area (Å²) in [6, 6.07) is 1.06. The number of carbonyl (C=O) groups is 1. The van der Waals surface area contributed by atoms with Crippen LogP contribution in [-0.2, 0) is 4.79 Å². The van der Waals surface area contributed by atoms with Crippen LogP contribution < -0.4 is 10.5 Å². The van der Waals surface area contributed by atoms with E-state index in [1.807, 2.05) is 0 Å². The van der Waals surface area contributed by atoms with Crippen molar-refractivity contribution in [3.8, 4) is 11.5 Å². The highest BCUT2D eigenvalue weighted by molar-refractivity contribution is 5.68. The fraction of sp³-hybridized carbons (Fsp3) is 0.300. The molecule has 0 aromatic heterocycles. The highest BCUT2D eigenvalue weighted by Gasteiger charge is 2.17. The monoisotopic (exact) mass is 229 g/mol. The second-order valence-corrected chi connectivity index (χ2v) is 3.25. The molecule has 1 aromatic rings. The van der Waals surface area contributed by atoms with Gasteiger partial charge in [0.2, 0.25) is 0 Å². The molecule has 0 bridgehead atoms. The zero-order chi connectivity index (χ0) is 12.3. The molecule has 0 saturated heterocycles. The van der Waals surface area contributed by atoms with E-state index in [4.69, 9.17) is 15.6 Å². The summed E-state index contributed by atoms with van der Waals surface area (Å²) in [6.45, 7) is 0. The summed E-state index contributed by atoms with van der Waals surface area (Å²) < 4.78 is 18.2. The number of phenolic OH excluding ortho intramolecular Hbond substituents is 1. The predicted molar refractivity (Wildman–Crippen MR) is 53.8 cm³/mol.